The second-order valence-corrected chi connectivity index (χ2v) is 6.85. The van der Waals surface area contributed by atoms with E-state index >= 15 is 0 Å². The van der Waals surface area contributed by atoms with Crippen LogP contribution in [0.2, 0.25) is 0 Å². The fourth-order valence-electron chi connectivity index (χ4n) is 2.95. The first-order valence-electron chi connectivity index (χ1n) is 8.42. The number of nitrogens with one attached hydrogen (secondary N) is 3. The zero-order valence-corrected chi connectivity index (χ0v) is 15.5. The first-order valence-corrected chi connectivity index (χ1v) is 9.36. The van der Waals surface area contributed by atoms with Crippen LogP contribution >= 0.6 is 11.3 Å². The molecule has 0 radical (unpaired) electrons. The highest BCUT2D eigenvalue weighted by atomic mass is 32.1. The zero-order chi connectivity index (χ0) is 19.7. The van der Waals surface area contributed by atoms with Gasteiger partial charge in [0.15, 0.2) is 5.82 Å². The molecular weight excluding hydrogens is 370 g/mol. The summed E-state index contributed by atoms with van der Waals surface area (Å²) in [4.78, 5) is 12.3. The highest BCUT2D eigenvalue weighted by Gasteiger charge is 2.17. The highest BCUT2D eigenvalue weighted by molar-refractivity contribution is 7.08. The fourth-order valence-corrected chi connectivity index (χ4v) is 3.61. The van der Waals surface area contributed by atoms with E-state index in [0.29, 0.717) is 22.8 Å². The van der Waals surface area contributed by atoms with E-state index in [1.54, 1.807) is 23.5 Å². The Morgan fingerprint density at radius 2 is 2.00 bits per heavy atom. The molecule has 3 aromatic heterocycles. The molecule has 7 nitrogen and oxygen atoms in total. The van der Waals surface area contributed by atoms with Crippen molar-refractivity contribution in [3.8, 4) is 11.1 Å². The van der Waals surface area contributed by atoms with Gasteiger partial charge in [0.1, 0.15) is 11.4 Å². The van der Waals surface area contributed by atoms with Gasteiger partial charge in [-0.15, -0.1) is 0 Å². The first kappa shape index (κ1) is 17.6. The minimum atomic E-state index is 0.0770. The Labute approximate surface area is 164 Å². The van der Waals surface area contributed by atoms with Gasteiger partial charge in [-0.25, -0.2) is 9.97 Å². The van der Waals surface area contributed by atoms with Crippen LogP contribution in [0.3, 0.4) is 0 Å². The van der Waals surface area contributed by atoms with Crippen LogP contribution in [0.5, 0.6) is 0 Å². The van der Waals surface area contributed by atoms with Crippen LogP contribution in [0.1, 0.15) is 17.2 Å². The molecule has 0 spiro atoms. The molecule has 138 valence electrons. The van der Waals surface area contributed by atoms with Crippen LogP contribution in [0, 0.1) is 10.8 Å². The molecule has 8 heteroatoms. The number of hydrogen-bond donors (Lipinski definition) is 5. The van der Waals surface area contributed by atoms with Crippen molar-refractivity contribution in [1.82, 2.24) is 15.0 Å². The Morgan fingerprint density at radius 3 is 2.71 bits per heavy atom. The molecule has 0 saturated carbocycles. The fraction of sp³-hybridized carbons (Fsp3) is 0. The van der Waals surface area contributed by atoms with Gasteiger partial charge in [0.05, 0.1) is 22.4 Å². The number of anilines is 1. The Morgan fingerprint density at radius 1 is 1.14 bits per heavy atom. The van der Waals surface area contributed by atoms with Crippen molar-refractivity contribution in [2.75, 3.05) is 5.73 Å². The molecule has 0 atom stereocenters. The zero-order valence-electron chi connectivity index (χ0n) is 14.7. The van der Waals surface area contributed by atoms with E-state index in [1.165, 1.54) is 6.20 Å². The second-order valence-electron chi connectivity index (χ2n) is 6.07. The van der Waals surface area contributed by atoms with Crippen molar-refractivity contribution in [1.29, 1.82) is 10.8 Å². The summed E-state index contributed by atoms with van der Waals surface area (Å²) in [6.45, 7) is 0. The van der Waals surface area contributed by atoms with Crippen LogP contribution < -0.4 is 11.5 Å². The molecule has 0 aliphatic heterocycles. The highest BCUT2D eigenvalue weighted by Crippen LogP contribution is 2.29. The summed E-state index contributed by atoms with van der Waals surface area (Å²) in [5.74, 6) is 0.377. The molecule has 28 heavy (non-hydrogen) atoms. The quantitative estimate of drug-likeness (QED) is 0.333. The lowest BCUT2D eigenvalue weighted by Crippen LogP contribution is -2.11. The number of pyridine rings is 1. The van der Waals surface area contributed by atoms with Crippen molar-refractivity contribution in [3.63, 3.8) is 0 Å². The van der Waals surface area contributed by atoms with Crippen LogP contribution in [-0.4, -0.2) is 26.9 Å². The Bertz CT molecular complexity index is 1220. The Hall–Kier alpha value is -3.78. The van der Waals surface area contributed by atoms with Gasteiger partial charge in [0.2, 0.25) is 0 Å². The standard InChI is InChI=1S/C20H17N7S/c21-8-12(9-22)15-5-4-14(23)19(25-15)17(24)20-26-16-3-1-2-13(18(16)27-20)11-6-7-28-10-11/h1-10,21,24H,22-23H2,(H,26,27)/b12-9+,21-8?,24-17?. The van der Waals surface area contributed by atoms with E-state index in [0.717, 1.165) is 28.4 Å². The number of rotatable bonds is 5. The minimum Gasteiger partial charge on any atom is -0.404 e. The number of thiophene rings is 1. The van der Waals surface area contributed by atoms with Gasteiger partial charge in [-0.1, -0.05) is 12.1 Å². The van der Waals surface area contributed by atoms with E-state index in [2.05, 4.69) is 20.3 Å². The van der Waals surface area contributed by atoms with Gasteiger partial charge in [-0.2, -0.15) is 11.3 Å². The molecule has 0 unspecified atom stereocenters. The molecular formula is C20H17N7S. The summed E-state index contributed by atoms with van der Waals surface area (Å²) < 4.78 is 0. The molecule has 1 aromatic carbocycles. The van der Waals surface area contributed by atoms with E-state index in [-0.39, 0.29) is 11.4 Å². The van der Waals surface area contributed by atoms with Crippen molar-refractivity contribution in [2.45, 2.75) is 0 Å². The Balaban J connectivity index is 1.81. The van der Waals surface area contributed by atoms with Crippen molar-refractivity contribution < 1.29 is 0 Å². The van der Waals surface area contributed by atoms with E-state index in [1.807, 2.05) is 29.6 Å². The lowest BCUT2D eigenvalue weighted by atomic mass is 10.1. The summed E-state index contributed by atoms with van der Waals surface area (Å²) >= 11 is 1.62. The third kappa shape index (κ3) is 2.95. The van der Waals surface area contributed by atoms with Gasteiger partial charge < -0.3 is 21.9 Å². The third-order valence-corrected chi connectivity index (χ3v) is 5.06. The number of H-pyrrole nitrogens is 1. The summed E-state index contributed by atoms with van der Waals surface area (Å²) in [5, 5.41) is 20.1. The number of fused-ring (bicyclic) bond motifs is 1. The molecule has 0 saturated heterocycles. The number of aromatic nitrogens is 3. The van der Waals surface area contributed by atoms with Crippen LogP contribution in [0.15, 0.2) is 53.4 Å². The molecule has 3 heterocycles. The van der Waals surface area contributed by atoms with E-state index in [9.17, 15) is 0 Å². The number of aromatic amines is 1. The lowest BCUT2D eigenvalue weighted by Gasteiger charge is -2.07. The molecule has 0 aliphatic rings. The molecule has 0 aliphatic carbocycles. The molecule has 0 amide bonds. The van der Waals surface area contributed by atoms with Crippen LogP contribution in [0.25, 0.3) is 27.7 Å². The Kier molecular flexibility index (Phi) is 4.46. The van der Waals surface area contributed by atoms with E-state index < -0.39 is 0 Å². The first-order chi connectivity index (χ1) is 13.6. The van der Waals surface area contributed by atoms with Crippen molar-refractivity contribution in [3.05, 3.63) is 70.6 Å². The molecule has 0 fully saturated rings. The number of nitrogens with zero attached hydrogens (tertiary/aromatic N) is 2. The average Bonchev–Trinajstić information content (AvgIpc) is 3.39. The van der Waals surface area contributed by atoms with Gasteiger partial charge in [-0.3, -0.25) is 5.41 Å². The lowest BCUT2D eigenvalue weighted by molar-refractivity contribution is 1.20. The summed E-state index contributed by atoms with van der Waals surface area (Å²) in [6, 6.07) is 11.2. The molecule has 0 bridgehead atoms. The van der Waals surface area contributed by atoms with Crippen LogP contribution in [-0.2, 0) is 0 Å². The number of nitrogen functional groups attached to an aromatic ring is 1. The summed E-state index contributed by atoms with van der Waals surface area (Å²) in [5.41, 5.74) is 17.0. The predicted molar refractivity (Wildman–Crippen MR) is 115 cm³/mol. The largest absolute Gasteiger partial charge is 0.404 e. The van der Waals surface area contributed by atoms with Crippen molar-refractivity contribution in [2.24, 2.45) is 5.73 Å². The molecule has 4 rings (SSSR count). The molecule has 7 N–H and O–H groups in total. The smallest absolute Gasteiger partial charge is 0.158 e. The average molecular weight is 387 g/mol. The summed E-state index contributed by atoms with van der Waals surface area (Å²) in [6.07, 6.45) is 2.41. The topological polar surface area (TPSA) is 141 Å². The maximum absolute atomic E-state index is 8.60. The van der Waals surface area contributed by atoms with Gasteiger partial charge >= 0.3 is 0 Å². The SMILES string of the molecule is N=C/C(=C\N)c1ccc(N)c(C(=N)c2nc3c(-c4ccsc4)cccc3[nH]2)n1. The number of imidazole rings is 1. The third-order valence-electron chi connectivity index (χ3n) is 4.38. The normalized spacial score (nSPS) is 11.6. The summed E-state index contributed by atoms with van der Waals surface area (Å²) in [7, 11) is 0. The maximum atomic E-state index is 8.60. The monoisotopic (exact) mass is 387 g/mol. The number of hydrogen-bond acceptors (Lipinski definition) is 7. The predicted octanol–water partition coefficient (Wildman–Crippen LogP) is 3.63. The van der Waals surface area contributed by atoms with Crippen molar-refractivity contribution >= 4 is 45.6 Å². The number of para-hydroxylation sites is 1. The minimum absolute atomic E-state index is 0.0770. The van der Waals surface area contributed by atoms with E-state index in [4.69, 9.17) is 22.3 Å². The number of nitrogens with two attached hydrogens (primary N) is 2. The second kappa shape index (κ2) is 7.09. The number of benzene rings is 1. The maximum Gasteiger partial charge on any atom is 0.158 e. The van der Waals surface area contributed by atoms with Gasteiger partial charge in [0, 0.05) is 23.6 Å². The van der Waals surface area contributed by atoms with Gasteiger partial charge in [-0.05, 0) is 40.6 Å². The van der Waals surface area contributed by atoms with Crippen LogP contribution in [0.4, 0.5) is 5.69 Å². The number of allylic oxidation sites excluding steroid dienone is 1. The van der Waals surface area contributed by atoms with Gasteiger partial charge in [0.25, 0.3) is 0 Å². The molecule has 4 aromatic rings.